The second-order valence-electron chi connectivity index (χ2n) is 6.15. The van der Waals surface area contributed by atoms with Crippen molar-refractivity contribution < 1.29 is 19.0 Å². The molecule has 0 radical (unpaired) electrons. The van der Waals surface area contributed by atoms with Gasteiger partial charge < -0.3 is 19.2 Å². The van der Waals surface area contributed by atoms with E-state index in [4.69, 9.17) is 21.1 Å². The van der Waals surface area contributed by atoms with Gasteiger partial charge in [0.2, 0.25) is 0 Å². The Bertz CT molecular complexity index is 1250. The molecule has 2 aromatic carbocycles. The summed E-state index contributed by atoms with van der Waals surface area (Å²) in [4.78, 5) is 39.3. The molecule has 0 bridgehead atoms. The van der Waals surface area contributed by atoms with Crippen molar-refractivity contribution in [2.75, 3.05) is 14.2 Å². The number of carbonyl (C=O) groups excluding carboxylic acids is 1. The molecule has 0 aliphatic carbocycles. The minimum absolute atomic E-state index is 0.147. The normalized spacial score (nSPS) is 12.1. The highest BCUT2D eigenvalue weighted by Gasteiger charge is 2.20. The van der Waals surface area contributed by atoms with Gasteiger partial charge in [0.25, 0.3) is 5.56 Å². The fraction of sp³-hybridized carbons (Fsp3) is 0.200. The van der Waals surface area contributed by atoms with E-state index in [2.05, 4.69) is 14.8 Å². The standard InChI is InChI=1S/C20H18ClN3O6/c1-11(19(26)29-3)30-17-12(8-13(21)9-16(17)28-2)10-22-24-18(25)14-6-4-5-7-15(14)23-20(24)27/h4-11H,1-3H3,(H,23,27)/t11-/m0/s1. The van der Waals surface area contributed by atoms with Gasteiger partial charge in [0, 0.05) is 16.7 Å². The molecule has 1 N–H and O–H groups in total. The van der Waals surface area contributed by atoms with E-state index in [0.29, 0.717) is 20.6 Å². The Balaban J connectivity index is 2.10. The first kappa shape index (κ1) is 21.1. The van der Waals surface area contributed by atoms with Crippen molar-refractivity contribution in [1.29, 1.82) is 0 Å². The minimum atomic E-state index is -0.955. The molecule has 0 saturated carbocycles. The number of para-hydroxylation sites is 1. The number of H-pyrrole nitrogens is 1. The van der Waals surface area contributed by atoms with Gasteiger partial charge in [0.15, 0.2) is 17.6 Å². The maximum atomic E-state index is 12.6. The second-order valence-corrected chi connectivity index (χ2v) is 6.58. The molecule has 0 saturated heterocycles. The summed E-state index contributed by atoms with van der Waals surface area (Å²) in [6, 6.07) is 9.57. The van der Waals surface area contributed by atoms with Crippen LogP contribution in [0, 0.1) is 0 Å². The summed E-state index contributed by atoms with van der Waals surface area (Å²) in [6.07, 6.45) is 0.267. The summed E-state index contributed by atoms with van der Waals surface area (Å²) < 4.78 is 16.3. The summed E-state index contributed by atoms with van der Waals surface area (Å²) >= 11 is 6.12. The third-order valence-corrected chi connectivity index (χ3v) is 4.41. The number of carbonyl (C=O) groups is 1. The second kappa shape index (κ2) is 8.83. The summed E-state index contributed by atoms with van der Waals surface area (Å²) in [6.45, 7) is 1.50. The van der Waals surface area contributed by atoms with Gasteiger partial charge in [-0.2, -0.15) is 5.10 Å². The highest BCUT2D eigenvalue weighted by atomic mass is 35.5. The number of hydrogen-bond acceptors (Lipinski definition) is 7. The van der Waals surface area contributed by atoms with Crippen molar-refractivity contribution in [2.24, 2.45) is 5.10 Å². The maximum Gasteiger partial charge on any atom is 0.349 e. The molecule has 1 aromatic heterocycles. The molecular formula is C20H18ClN3O6. The van der Waals surface area contributed by atoms with Crippen LogP contribution < -0.4 is 20.7 Å². The highest BCUT2D eigenvalue weighted by molar-refractivity contribution is 6.31. The SMILES string of the molecule is COC(=O)[C@H](C)Oc1c(C=Nn2c(=O)[nH]c3ccccc3c2=O)cc(Cl)cc1OC. The largest absolute Gasteiger partial charge is 0.493 e. The number of ether oxygens (including phenoxy) is 3. The van der Waals surface area contributed by atoms with Gasteiger partial charge in [-0.15, -0.1) is 4.68 Å². The van der Waals surface area contributed by atoms with Crippen LogP contribution in [0.3, 0.4) is 0 Å². The van der Waals surface area contributed by atoms with Crippen LogP contribution in [0.5, 0.6) is 11.5 Å². The number of fused-ring (bicyclic) bond motifs is 1. The molecule has 1 atom stereocenters. The molecule has 30 heavy (non-hydrogen) atoms. The molecule has 3 aromatic rings. The van der Waals surface area contributed by atoms with Crippen LogP contribution in [-0.2, 0) is 9.53 Å². The summed E-state index contributed by atoms with van der Waals surface area (Å²) in [5, 5.41) is 4.60. The summed E-state index contributed by atoms with van der Waals surface area (Å²) in [5.74, 6) is -0.217. The van der Waals surface area contributed by atoms with Crippen LogP contribution in [0.15, 0.2) is 51.1 Å². The number of hydrogen-bond donors (Lipinski definition) is 1. The predicted molar refractivity (Wildman–Crippen MR) is 112 cm³/mol. The third-order valence-electron chi connectivity index (χ3n) is 4.19. The summed E-state index contributed by atoms with van der Waals surface area (Å²) in [5.41, 5.74) is -0.617. The molecule has 0 unspecified atom stereocenters. The number of benzene rings is 2. The number of rotatable bonds is 6. The quantitative estimate of drug-likeness (QED) is 0.473. The Morgan fingerprint density at radius 3 is 2.67 bits per heavy atom. The van der Waals surface area contributed by atoms with E-state index in [0.717, 1.165) is 0 Å². The number of nitrogens with one attached hydrogen (secondary N) is 1. The van der Waals surface area contributed by atoms with E-state index in [1.807, 2.05) is 0 Å². The lowest BCUT2D eigenvalue weighted by Crippen LogP contribution is -2.32. The molecule has 9 nitrogen and oxygen atoms in total. The van der Waals surface area contributed by atoms with Crippen LogP contribution >= 0.6 is 11.6 Å². The maximum absolute atomic E-state index is 12.6. The highest BCUT2D eigenvalue weighted by Crippen LogP contribution is 2.34. The van der Waals surface area contributed by atoms with E-state index in [1.165, 1.54) is 39.5 Å². The van der Waals surface area contributed by atoms with Gasteiger partial charge in [-0.05, 0) is 25.1 Å². The topological polar surface area (TPSA) is 112 Å². The van der Waals surface area contributed by atoms with Crippen molar-refractivity contribution in [3.8, 4) is 11.5 Å². The van der Waals surface area contributed by atoms with Crippen LogP contribution in [0.1, 0.15) is 12.5 Å². The minimum Gasteiger partial charge on any atom is -0.493 e. The van der Waals surface area contributed by atoms with Crippen LogP contribution in [-0.4, -0.2) is 42.2 Å². The zero-order chi connectivity index (χ0) is 21.8. The van der Waals surface area contributed by atoms with Crippen molar-refractivity contribution in [3.63, 3.8) is 0 Å². The number of halogens is 1. The number of methoxy groups -OCH3 is 2. The molecule has 3 rings (SSSR count). The van der Waals surface area contributed by atoms with Crippen molar-refractivity contribution >= 4 is 34.7 Å². The van der Waals surface area contributed by atoms with E-state index in [9.17, 15) is 14.4 Å². The first-order valence-electron chi connectivity index (χ1n) is 8.76. The molecule has 0 spiro atoms. The Morgan fingerprint density at radius 2 is 1.97 bits per heavy atom. The molecule has 156 valence electrons. The fourth-order valence-corrected chi connectivity index (χ4v) is 2.95. The zero-order valence-corrected chi connectivity index (χ0v) is 17.1. The third kappa shape index (κ3) is 4.20. The molecule has 1 heterocycles. The monoisotopic (exact) mass is 431 g/mol. The van der Waals surface area contributed by atoms with E-state index in [-0.39, 0.29) is 17.1 Å². The van der Waals surface area contributed by atoms with Gasteiger partial charge in [0.1, 0.15) is 0 Å². The van der Waals surface area contributed by atoms with Crippen LogP contribution in [0.4, 0.5) is 0 Å². The Morgan fingerprint density at radius 1 is 1.23 bits per heavy atom. The van der Waals surface area contributed by atoms with Crippen LogP contribution in [0.2, 0.25) is 5.02 Å². The number of aromatic amines is 1. The van der Waals surface area contributed by atoms with Gasteiger partial charge in [0.05, 0.1) is 31.3 Å². The molecule has 0 amide bonds. The van der Waals surface area contributed by atoms with Gasteiger partial charge >= 0.3 is 11.7 Å². The Kier molecular flexibility index (Phi) is 6.22. The van der Waals surface area contributed by atoms with Gasteiger partial charge in [-0.3, -0.25) is 4.79 Å². The zero-order valence-electron chi connectivity index (χ0n) is 16.3. The number of aromatic nitrogens is 2. The van der Waals surface area contributed by atoms with Gasteiger partial charge in [-0.1, -0.05) is 23.7 Å². The van der Waals surface area contributed by atoms with Crippen LogP contribution in [0.25, 0.3) is 10.9 Å². The van der Waals surface area contributed by atoms with E-state index < -0.39 is 23.3 Å². The van der Waals surface area contributed by atoms with E-state index >= 15 is 0 Å². The van der Waals surface area contributed by atoms with Gasteiger partial charge in [-0.25, -0.2) is 9.59 Å². The average molecular weight is 432 g/mol. The van der Waals surface area contributed by atoms with Crippen molar-refractivity contribution in [3.05, 3.63) is 67.8 Å². The molecule has 10 heteroatoms. The Hall–Kier alpha value is -3.59. The average Bonchev–Trinajstić information content (AvgIpc) is 2.74. The molecule has 0 fully saturated rings. The summed E-state index contributed by atoms with van der Waals surface area (Å²) in [7, 11) is 2.64. The Labute approximate surface area is 175 Å². The van der Waals surface area contributed by atoms with Crippen molar-refractivity contribution in [2.45, 2.75) is 13.0 Å². The lowest BCUT2D eigenvalue weighted by Gasteiger charge is -2.17. The number of esters is 1. The van der Waals surface area contributed by atoms with Crippen molar-refractivity contribution in [1.82, 2.24) is 9.66 Å². The smallest absolute Gasteiger partial charge is 0.349 e. The molecular weight excluding hydrogens is 414 g/mol. The lowest BCUT2D eigenvalue weighted by molar-refractivity contribution is -0.147. The first-order chi connectivity index (χ1) is 14.3. The predicted octanol–water partition coefficient (Wildman–Crippen LogP) is 2.17. The fourth-order valence-electron chi connectivity index (χ4n) is 2.73. The number of nitrogens with zero attached hydrogens (tertiary/aromatic N) is 2. The molecule has 0 aliphatic rings. The lowest BCUT2D eigenvalue weighted by atomic mass is 10.2. The first-order valence-corrected chi connectivity index (χ1v) is 9.14. The molecule has 0 aliphatic heterocycles. The van der Waals surface area contributed by atoms with E-state index in [1.54, 1.807) is 24.3 Å².